The molecular formula is C134H88N6. The van der Waals surface area contributed by atoms with Crippen LogP contribution in [0.25, 0.3) is 253 Å². The topological polar surface area (TPSA) is 29.6 Å². The molecule has 23 aromatic carbocycles. The maximum Gasteiger partial charge on any atom is 0.0541 e. The van der Waals surface area contributed by atoms with Gasteiger partial charge < -0.3 is 27.4 Å². The minimum atomic E-state index is 1.16. The van der Waals surface area contributed by atoms with E-state index in [4.69, 9.17) is 0 Å². The second-order valence-corrected chi connectivity index (χ2v) is 36.6. The second kappa shape index (κ2) is 33.8. The molecule has 0 atom stereocenters. The Morgan fingerprint density at radius 1 is 0.100 bits per heavy atom. The summed E-state index contributed by atoms with van der Waals surface area (Å²) in [7, 11) is 0. The van der Waals surface area contributed by atoms with E-state index in [-0.39, 0.29) is 0 Å². The van der Waals surface area contributed by atoms with Gasteiger partial charge in [-0.15, -0.1) is 0 Å². The zero-order valence-corrected chi connectivity index (χ0v) is 76.5. The lowest BCUT2D eigenvalue weighted by atomic mass is 10.0. The third kappa shape index (κ3) is 13.6. The van der Waals surface area contributed by atoms with E-state index in [1.54, 1.807) is 0 Å². The Labute approximate surface area is 808 Å². The molecule has 0 amide bonds. The van der Waals surface area contributed by atoms with Gasteiger partial charge in [0, 0.05) is 98.2 Å². The van der Waals surface area contributed by atoms with Crippen LogP contribution >= 0.6 is 0 Å². The minimum absolute atomic E-state index is 1.16. The lowest BCUT2D eigenvalue weighted by Crippen LogP contribution is -1.97. The number of benzene rings is 23. The van der Waals surface area contributed by atoms with Gasteiger partial charge >= 0.3 is 0 Å². The molecule has 29 aromatic rings. The molecule has 0 spiro atoms. The van der Waals surface area contributed by atoms with Crippen LogP contribution in [-0.2, 0) is 0 Å². The normalized spacial score (nSPS) is 11.7. The Hall–Kier alpha value is -18.6. The third-order valence-corrected chi connectivity index (χ3v) is 28.7. The summed E-state index contributed by atoms with van der Waals surface area (Å²) in [5.74, 6) is 0. The molecule has 0 radical (unpaired) electrons. The van der Waals surface area contributed by atoms with Gasteiger partial charge in [0.1, 0.15) is 0 Å². The first kappa shape index (κ1) is 81.0. The van der Waals surface area contributed by atoms with Crippen molar-refractivity contribution in [3.8, 4) is 101 Å². The summed E-state index contributed by atoms with van der Waals surface area (Å²) in [6, 6.07) is 194. The molecule has 0 bridgehead atoms. The molecule has 0 unspecified atom stereocenters. The van der Waals surface area contributed by atoms with Gasteiger partial charge in [-0.3, -0.25) is 0 Å². The first-order valence-corrected chi connectivity index (χ1v) is 48.2. The summed E-state index contributed by atoms with van der Waals surface area (Å²) >= 11 is 0. The lowest BCUT2D eigenvalue weighted by Gasteiger charge is -2.14. The fourth-order valence-corrected chi connectivity index (χ4v) is 22.3. The number of hydrogen-bond acceptors (Lipinski definition) is 0. The standard InChI is InChI=1S/C48H32N2.C46H30N2.C40H26N2/c1-3-15-33(16-4-1)37-19-7-11-23-43(37)49-45-25-13-9-21-39(45)41-31-35(27-29-47(41)49)36-28-30-48-42(32-36)40-22-10-14-26-46(40)50(48)44-24-12-8-20-38(44)34-17-5-2-6-18-34;1-2-12-37(13-3-1)47-43-16-8-6-14-39(43)41-29-35(22-26-45(41)47)36-23-27-46-42(30-36)40-15-7-9-17-44(40)48(46)38-24-20-32(21-25-38)34-19-18-31-10-4-5-11-33(31)28-34;1-2-13-30(14-3-1)41-37-18-8-6-16-32(37)34-25-28(21-23-39(34)41)29-22-24-40-35(26-29)33-17-7-9-19-38(33)42(40)36-20-10-12-27-11-4-5-15-31(27)36/h1-32H;1-30H;1-26H. The van der Waals surface area contributed by atoms with E-state index >= 15 is 0 Å². The number of hydrogen-bond donors (Lipinski definition) is 0. The van der Waals surface area contributed by atoms with Crippen LogP contribution in [0.3, 0.4) is 0 Å². The summed E-state index contributed by atoms with van der Waals surface area (Å²) in [5, 5.41) is 20.2. The van der Waals surface area contributed by atoms with Crippen LogP contribution in [0.15, 0.2) is 534 Å². The summed E-state index contributed by atoms with van der Waals surface area (Å²) in [6.45, 7) is 0. The fourth-order valence-electron chi connectivity index (χ4n) is 22.3. The number of rotatable bonds is 12. The molecule has 6 nitrogen and oxygen atoms in total. The van der Waals surface area contributed by atoms with Crippen molar-refractivity contribution < 1.29 is 0 Å². The van der Waals surface area contributed by atoms with Gasteiger partial charge in [0.25, 0.3) is 0 Å². The first-order valence-electron chi connectivity index (χ1n) is 48.2. The van der Waals surface area contributed by atoms with Gasteiger partial charge in [0.15, 0.2) is 0 Å². The number of nitrogens with zero attached hydrogens (tertiary/aromatic N) is 6. The molecule has 29 rings (SSSR count). The highest BCUT2D eigenvalue weighted by molar-refractivity contribution is 6.18. The maximum absolute atomic E-state index is 2.43. The molecule has 0 aliphatic rings. The molecule has 0 N–H and O–H groups in total. The fraction of sp³-hybridized carbons (Fsp3) is 0. The minimum Gasteiger partial charge on any atom is -0.309 e. The van der Waals surface area contributed by atoms with Crippen LogP contribution in [0.5, 0.6) is 0 Å². The van der Waals surface area contributed by atoms with E-state index in [1.165, 1.54) is 248 Å². The Morgan fingerprint density at radius 3 is 0.693 bits per heavy atom. The molecule has 0 aliphatic heterocycles. The van der Waals surface area contributed by atoms with Crippen LogP contribution in [0.2, 0.25) is 0 Å². The van der Waals surface area contributed by atoms with Crippen molar-refractivity contribution >= 4 is 152 Å². The average Bonchev–Trinajstić information content (AvgIpc) is 1.58. The van der Waals surface area contributed by atoms with Crippen molar-refractivity contribution in [2.24, 2.45) is 0 Å². The SMILES string of the molecule is c1ccc(-c2ccccc2-n2c3ccccc3c3cc(-c4ccc5c(c4)c4ccccc4n5-c4ccccc4-c4ccccc4)ccc32)cc1.c1ccc(-n2c3ccccc3c3cc(-c4ccc5c(c4)c4ccccc4n5-c4ccc(-c5ccc6ccccc6c5)cc4)ccc32)cc1.c1ccc(-n2c3ccccc3c3cc(-c4ccc5c(c4)c4ccccc4n5-c4cccc5ccccc45)ccc32)cc1. The van der Waals surface area contributed by atoms with Crippen LogP contribution in [0, 0.1) is 0 Å². The predicted molar refractivity (Wildman–Crippen MR) is 593 cm³/mol. The highest BCUT2D eigenvalue weighted by Gasteiger charge is 2.24. The molecule has 0 saturated heterocycles. The summed E-state index contributed by atoms with van der Waals surface area (Å²) < 4.78 is 14.4. The Balaban J connectivity index is 0.000000106. The van der Waals surface area contributed by atoms with E-state index < -0.39 is 0 Å². The first-order chi connectivity index (χ1) is 69.5. The Kier molecular flexibility index (Phi) is 19.5. The highest BCUT2D eigenvalue weighted by Crippen LogP contribution is 2.47. The van der Waals surface area contributed by atoms with Crippen molar-refractivity contribution in [2.45, 2.75) is 0 Å². The van der Waals surface area contributed by atoms with E-state index in [0.29, 0.717) is 0 Å². The quantitative estimate of drug-likeness (QED) is 0.117. The molecular weight excluding hydrogens is 1690 g/mol. The largest absolute Gasteiger partial charge is 0.309 e. The van der Waals surface area contributed by atoms with Gasteiger partial charge in [-0.25, -0.2) is 0 Å². The molecule has 654 valence electrons. The number of aromatic nitrogens is 6. The van der Waals surface area contributed by atoms with Crippen molar-refractivity contribution in [1.29, 1.82) is 0 Å². The average molecular weight is 1780 g/mol. The third-order valence-electron chi connectivity index (χ3n) is 28.7. The number of fused-ring (bicyclic) bond motifs is 20. The smallest absolute Gasteiger partial charge is 0.0541 e. The Bertz CT molecular complexity index is 9730. The van der Waals surface area contributed by atoms with Crippen LogP contribution in [0.1, 0.15) is 0 Å². The van der Waals surface area contributed by atoms with E-state index in [2.05, 4.69) is 561 Å². The molecule has 6 aromatic heterocycles. The van der Waals surface area contributed by atoms with E-state index in [0.717, 1.165) is 5.69 Å². The van der Waals surface area contributed by atoms with Gasteiger partial charge in [-0.05, 0) is 242 Å². The van der Waals surface area contributed by atoms with Crippen LogP contribution < -0.4 is 0 Å². The molecule has 6 heterocycles. The summed E-state index contributed by atoms with van der Waals surface area (Å²) in [5.41, 5.74) is 36.3. The summed E-state index contributed by atoms with van der Waals surface area (Å²) in [4.78, 5) is 0. The predicted octanol–water partition coefficient (Wildman–Crippen LogP) is 36.0. The zero-order chi connectivity index (χ0) is 92.2. The lowest BCUT2D eigenvalue weighted by molar-refractivity contribution is 1.18. The molecule has 0 saturated carbocycles. The second-order valence-electron chi connectivity index (χ2n) is 36.6. The Morgan fingerprint density at radius 2 is 0.329 bits per heavy atom. The van der Waals surface area contributed by atoms with Crippen LogP contribution in [0.4, 0.5) is 0 Å². The zero-order valence-electron chi connectivity index (χ0n) is 76.5. The van der Waals surface area contributed by atoms with E-state index in [1.807, 2.05) is 0 Å². The van der Waals surface area contributed by atoms with Crippen molar-refractivity contribution in [3.63, 3.8) is 0 Å². The van der Waals surface area contributed by atoms with Crippen LogP contribution in [-0.4, -0.2) is 27.4 Å². The highest BCUT2D eigenvalue weighted by atomic mass is 15.0. The number of para-hydroxylation sites is 10. The van der Waals surface area contributed by atoms with Gasteiger partial charge in [0.2, 0.25) is 0 Å². The van der Waals surface area contributed by atoms with Gasteiger partial charge in [-0.1, -0.05) is 364 Å². The van der Waals surface area contributed by atoms with Gasteiger partial charge in [0.05, 0.1) is 83.3 Å². The molecule has 6 heteroatoms. The summed E-state index contributed by atoms with van der Waals surface area (Å²) in [6.07, 6.45) is 0. The van der Waals surface area contributed by atoms with Crippen molar-refractivity contribution in [3.05, 3.63) is 534 Å². The van der Waals surface area contributed by atoms with Gasteiger partial charge in [-0.2, -0.15) is 0 Å². The molecule has 0 fully saturated rings. The van der Waals surface area contributed by atoms with Crippen molar-refractivity contribution in [1.82, 2.24) is 27.4 Å². The van der Waals surface area contributed by atoms with Crippen molar-refractivity contribution in [2.75, 3.05) is 0 Å². The monoisotopic (exact) mass is 1780 g/mol. The molecule has 0 aliphatic carbocycles. The molecule has 140 heavy (non-hydrogen) atoms. The van der Waals surface area contributed by atoms with E-state index in [9.17, 15) is 0 Å². The maximum atomic E-state index is 2.43.